The second-order valence-corrected chi connectivity index (χ2v) is 7.23. The molecule has 2 aromatic carbocycles. The Kier molecular flexibility index (Phi) is 4.67. The zero-order chi connectivity index (χ0) is 18.8. The van der Waals surface area contributed by atoms with Crippen LogP contribution in [0.4, 0.5) is 0 Å². The third-order valence-electron chi connectivity index (χ3n) is 5.45. The molecule has 0 unspecified atom stereocenters. The van der Waals surface area contributed by atoms with Crippen LogP contribution in [0.2, 0.25) is 0 Å². The van der Waals surface area contributed by atoms with E-state index in [1.807, 2.05) is 35.2 Å². The number of carbonyl (C=O) groups excluding carboxylic acids is 1. The van der Waals surface area contributed by atoms with Crippen LogP contribution in [0.1, 0.15) is 40.9 Å². The monoisotopic (exact) mass is 360 g/mol. The molecule has 5 nitrogen and oxygen atoms in total. The highest BCUT2D eigenvalue weighted by molar-refractivity contribution is 5.99. The average molecular weight is 360 g/mol. The van der Waals surface area contributed by atoms with E-state index in [0.29, 0.717) is 11.7 Å². The number of hydrogen-bond donors (Lipinski definition) is 3. The third kappa shape index (κ3) is 3.58. The lowest BCUT2D eigenvalue weighted by Gasteiger charge is -2.24. The van der Waals surface area contributed by atoms with Gasteiger partial charge < -0.3 is 15.6 Å². The van der Waals surface area contributed by atoms with Crippen LogP contribution in [0.5, 0.6) is 0 Å². The number of nitrogens with zero attached hydrogens (tertiary/aromatic N) is 1. The summed E-state index contributed by atoms with van der Waals surface area (Å²) >= 11 is 0. The number of aromatic amines is 1. The van der Waals surface area contributed by atoms with Gasteiger partial charge in [-0.1, -0.05) is 30.3 Å². The molecule has 0 spiro atoms. The number of aryl methyl sites for hydroxylation is 1. The molecule has 1 aliphatic rings. The van der Waals surface area contributed by atoms with Gasteiger partial charge in [0.05, 0.1) is 0 Å². The van der Waals surface area contributed by atoms with Gasteiger partial charge in [0, 0.05) is 24.3 Å². The number of fused-ring (bicyclic) bond motifs is 1. The van der Waals surface area contributed by atoms with Crippen molar-refractivity contribution in [3.8, 4) is 0 Å². The van der Waals surface area contributed by atoms with Crippen molar-refractivity contribution in [3.63, 3.8) is 0 Å². The Balaban J connectivity index is 1.47. The molecule has 2 heterocycles. The minimum Gasteiger partial charge on any atom is -0.384 e. The number of rotatable bonds is 5. The van der Waals surface area contributed by atoms with E-state index in [4.69, 9.17) is 11.1 Å². The van der Waals surface area contributed by atoms with Gasteiger partial charge in [0.2, 0.25) is 0 Å². The van der Waals surface area contributed by atoms with Crippen LogP contribution in [0.25, 0.3) is 10.8 Å². The maximum absolute atomic E-state index is 12.7. The maximum Gasteiger partial charge on any atom is 0.270 e. The molecule has 0 radical (unpaired) electrons. The Bertz CT molecular complexity index is 977. The summed E-state index contributed by atoms with van der Waals surface area (Å²) in [7, 11) is 0. The van der Waals surface area contributed by atoms with Crippen molar-refractivity contribution in [2.75, 3.05) is 6.54 Å². The summed E-state index contributed by atoms with van der Waals surface area (Å²) in [5, 5.41) is 9.87. The Morgan fingerprint density at radius 3 is 2.81 bits per heavy atom. The van der Waals surface area contributed by atoms with Gasteiger partial charge in [0.15, 0.2) is 0 Å². The van der Waals surface area contributed by atoms with Crippen LogP contribution >= 0.6 is 0 Å². The first-order valence-corrected chi connectivity index (χ1v) is 9.43. The first-order chi connectivity index (χ1) is 13.1. The number of benzene rings is 2. The van der Waals surface area contributed by atoms with Crippen molar-refractivity contribution >= 4 is 22.5 Å². The molecule has 4 rings (SSSR count). The summed E-state index contributed by atoms with van der Waals surface area (Å²) in [4.78, 5) is 17.7. The normalized spacial score (nSPS) is 16.7. The minimum absolute atomic E-state index is 0.0896. The topological polar surface area (TPSA) is 86.0 Å². The number of likely N-dealkylation sites (tertiary alicyclic amines) is 1. The Labute approximate surface area is 158 Å². The van der Waals surface area contributed by atoms with Crippen LogP contribution in [0.15, 0.2) is 54.7 Å². The van der Waals surface area contributed by atoms with Gasteiger partial charge in [0.25, 0.3) is 5.91 Å². The predicted octanol–water partition coefficient (Wildman–Crippen LogP) is 3.69. The number of nitrogen functional groups attached to an aromatic ring is 1. The van der Waals surface area contributed by atoms with Crippen LogP contribution in [-0.2, 0) is 6.42 Å². The van der Waals surface area contributed by atoms with Crippen molar-refractivity contribution in [3.05, 3.63) is 71.5 Å². The van der Waals surface area contributed by atoms with Crippen molar-refractivity contribution in [2.24, 2.45) is 5.73 Å². The molecule has 1 fully saturated rings. The van der Waals surface area contributed by atoms with Crippen molar-refractivity contribution in [1.82, 2.24) is 9.88 Å². The van der Waals surface area contributed by atoms with Gasteiger partial charge in [0.1, 0.15) is 11.5 Å². The van der Waals surface area contributed by atoms with Crippen LogP contribution in [0, 0.1) is 5.41 Å². The van der Waals surface area contributed by atoms with Gasteiger partial charge >= 0.3 is 0 Å². The van der Waals surface area contributed by atoms with E-state index in [1.165, 1.54) is 5.56 Å². The molecule has 0 bridgehead atoms. The summed E-state index contributed by atoms with van der Waals surface area (Å²) in [5.74, 6) is 0.193. The standard InChI is InChI=1S/C22H24N4O/c23-21(24)17-9-8-16-7-5-15(13-18(16)14-17)6-10-19-3-2-12-26(19)22(27)20-4-1-11-25-20/h1,4-5,7-9,11,13-14,19,25H,2-3,6,10,12H2,(H3,23,24)/t19-/m1/s1. The smallest absolute Gasteiger partial charge is 0.270 e. The molecule has 138 valence electrons. The second-order valence-electron chi connectivity index (χ2n) is 7.23. The first-order valence-electron chi connectivity index (χ1n) is 9.43. The van der Waals surface area contributed by atoms with E-state index < -0.39 is 0 Å². The van der Waals surface area contributed by atoms with E-state index in [0.717, 1.165) is 48.6 Å². The molecule has 5 heteroatoms. The molecule has 1 saturated heterocycles. The fourth-order valence-electron chi connectivity index (χ4n) is 3.97. The molecule has 1 amide bonds. The van der Waals surface area contributed by atoms with Crippen molar-refractivity contribution in [2.45, 2.75) is 31.7 Å². The highest BCUT2D eigenvalue weighted by atomic mass is 16.2. The largest absolute Gasteiger partial charge is 0.384 e. The molecule has 1 aliphatic heterocycles. The van der Waals surface area contributed by atoms with E-state index in [2.05, 4.69) is 23.2 Å². The molecular weight excluding hydrogens is 336 g/mol. The molecule has 4 N–H and O–H groups in total. The Morgan fingerprint density at radius 2 is 2.04 bits per heavy atom. The number of hydrogen-bond acceptors (Lipinski definition) is 2. The lowest BCUT2D eigenvalue weighted by atomic mass is 9.99. The highest BCUT2D eigenvalue weighted by Crippen LogP contribution is 2.25. The SMILES string of the molecule is N=C(N)c1ccc2ccc(CC[C@H]3CCCN3C(=O)c3ccc[nH]3)cc2c1. The van der Waals surface area contributed by atoms with Gasteiger partial charge in [-0.2, -0.15) is 0 Å². The highest BCUT2D eigenvalue weighted by Gasteiger charge is 2.29. The molecule has 3 aromatic rings. The third-order valence-corrected chi connectivity index (χ3v) is 5.45. The van der Waals surface area contributed by atoms with Crippen LogP contribution < -0.4 is 5.73 Å². The van der Waals surface area contributed by atoms with Gasteiger partial charge in [-0.3, -0.25) is 10.2 Å². The van der Waals surface area contributed by atoms with E-state index in [1.54, 1.807) is 6.20 Å². The lowest BCUT2D eigenvalue weighted by Crippen LogP contribution is -2.36. The summed E-state index contributed by atoms with van der Waals surface area (Å²) in [6.07, 6.45) is 5.82. The fourth-order valence-corrected chi connectivity index (χ4v) is 3.97. The van der Waals surface area contributed by atoms with E-state index in [9.17, 15) is 4.79 Å². The zero-order valence-corrected chi connectivity index (χ0v) is 15.2. The van der Waals surface area contributed by atoms with E-state index >= 15 is 0 Å². The number of nitrogens with two attached hydrogens (primary N) is 1. The molecule has 1 aromatic heterocycles. The molecule has 27 heavy (non-hydrogen) atoms. The number of amidine groups is 1. The summed E-state index contributed by atoms with van der Waals surface area (Å²) < 4.78 is 0. The Morgan fingerprint density at radius 1 is 1.19 bits per heavy atom. The van der Waals surface area contributed by atoms with Crippen molar-refractivity contribution < 1.29 is 4.79 Å². The zero-order valence-electron chi connectivity index (χ0n) is 15.2. The number of nitrogens with one attached hydrogen (secondary N) is 2. The molecule has 0 aliphatic carbocycles. The summed E-state index contributed by atoms with van der Waals surface area (Å²) in [6.45, 7) is 0.836. The summed E-state index contributed by atoms with van der Waals surface area (Å²) in [6, 6.07) is 16.3. The quantitative estimate of drug-likeness (QED) is 0.479. The lowest BCUT2D eigenvalue weighted by molar-refractivity contribution is 0.0725. The summed E-state index contributed by atoms with van der Waals surface area (Å²) in [5.41, 5.74) is 8.28. The second kappa shape index (κ2) is 7.27. The maximum atomic E-state index is 12.7. The van der Waals surface area contributed by atoms with E-state index in [-0.39, 0.29) is 11.7 Å². The van der Waals surface area contributed by atoms with Crippen LogP contribution in [-0.4, -0.2) is 34.2 Å². The molecule has 1 atom stereocenters. The first kappa shape index (κ1) is 17.3. The predicted molar refractivity (Wildman–Crippen MR) is 108 cm³/mol. The molecule has 0 saturated carbocycles. The van der Waals surface area contributed by atoms with Gasteiger partial charge in [-0.15, -0.1) is 0 Å². The average Bonchev–Trinajstić information content (AvgIpc) is 3.37. The fraction of sp³-hybridized carbons (Fsp3) is 0.273. The number of H-pyrrole nitrogens is 1. The minimum atomic E-state index is 0.0896. The number of aromatic nitrogens is 1. The molecular formula is C22H24N4O. The number of carbonyl (C=O) groups is 1. The van der Waals surface area contributed by atoms with Gasteiger partial charge in [-0.05, 0) is 60.2 Å². The number of amides is 1. The van der Waals surface area contributed by atoms with Gasteiger partial charge in [-0.25, -0.2) is 0 Å². The Hall–Kier alpha value is -3.08. The van der Waals surface area contributed by atoms with Crippen molar-refractivity contribution in [1.29, 1.82) is 5.41 Å². The van der Waals surface area contributed by atoms with Crippen LogP contribution in [0.3, 0.4) is 0 Å².